The highest BCUT2D eigenvalue weighted by Gasteiger charge is 2.09. The molecule has 5 N–H and O–H groups in total. The summed E-state index contributed by atoms with van der Waals surface area (Å²) in [5.74, 6) is 0.881. The third-order valence-electron chi connectivity index (χ3n) is 3.76. The Hall–Kier alpha value is -3.32. The first-order chi connectivity index (χ1) is 13.0. The molecule has 2 aromatic carbocycles. The fourth-order valence-electron chi connectivity index (χ4n) is 2.43. The molecule has 0 spiro atoms. The largest absolute Gasteiger partial charge is 0.393 e. The molecular weight excluding hydrogens is 364 g/mol. The number of rotatable bonds is 6. The van der Waals surface area contributed by atoms with E-state index < -0.39 is 0 Å². The topological polar surface area (TPSA) is 105 Å². The number of anilines is 5. The maximum atomic E-state index is 11.1. The van der Waals surface area contributed by atoms with Crippen LogP contribution in [0.4, 0.5) is 28.7 Å². The summed E-state index contributed by atoms with van der Waals surface area (Å²) < 4.78 is 0. The first-order valence-electron chi connectivity index (χ1n) is 8.25. The van der Waals surface area contributed by atoms with Gasteiger partial charge in [0.25, 0.3) is 0 Å². The van der Waals surface area contributed by atoms with Gasteiger partial charge in [-0.05, 0) is 35.9 Å². The fourth-order valence-corrected chi connectivity index (χ4v) is 2.64. The molecule has 0 saturated carbocycles. The molecule has 1 amide bonds. The number of nitrogens with one attached hydrogen (secondary N) is 3. The van der Waals surface area contributed by atoms with Gasteiger partial charge in [0.15, 0.2) is 11.6 Å². The minimum Gasteiger partial charge on any atom is -0.393 e. The Morgan fingerprint density at radius 3 is 2.41 bits per heavy atom. The monoisotopic (exact) mass is 382 g/mol. The van der Waals surface area contributed by atoms with E-state index in [2.05, 4.69) is 25.9 Å². The van der Waals surface area contributed by atoms with Gasteiger partial charge in [-0.15, -0.1) is 0 Å². The molecule has 0 bridgehead atoms. The highest BCUT2D eigenvalue weighted by molar-refractivity contribution is 6.31. The number of carbonyl (C=O) groups excluding carboxylic acids is 1. The molecule has 0 saturated heterocycles. The van der Waals surface area contributed by atoms with Gasteiger partial charge in [-0.25, -0.2) is 9.97 Å². The smallest absolute Gasteiger partial charge is 0.221 e. The zero-order valence-electron chi connectivity index (χ0n) is 14.7. The zero-order chi connectivity index (χ0) is 19.2. The molecule has 27 heavy (non-hydrogen) atoms. The van der Waals surface area contributed by atoms with Crippen molar-refractivity contribution in [2.75, 3.05) is 21.7 Å². The number of amides is 1. The average Bonchev–Trinajstić information content (AvgIpc) is 2.65. The van der Waals surface area contributed by atoms with E-state index in [4.69, 9.17) is 17.3 Å². The van der Waals surface area contributed by atoms with E-state index >= 15 is 0 Å². The van der Waals surface area contributed by atoms with Gasteiger partial charge >= 0.3 is 0 Å². The third kappa shape index (κ3) is 4.86. The SMILES string of the molecule is CC(=O)Nc1ccc(Nc2ncnc(NCc3ccccc3Cl)c2N)cc1. The lowest BCUT2D eigenvalue weighted by Gasteiger charge is -2.13. The van der Waals surface area contributed by atoms with Crippen LogP contribution in [0.25, 0.3) is 0 Å². The van der Waals surface area contributed by atoms with E-state index in [1.165, 1.54) is 13.3 Å². The van der Waals surface area contributed by atoms with Crippen molar-refractivity contribution >= 4 is 46.2 Å². The molecule has 1 aromatic heterocycles. The number of carbonyl (C=O) groups is 1. The van der Waals surface area contributed by atoms with E-state index in [9.17, 15) is 4.79 Å². The molecule has 3 aromatic rings. The Morgan fingerprint density at radius 2 is 1.70 bits per heavy atom. The van der Waals surface area contributed by atoms with Gasteiger partial charge in [-0.2, -0.15) is 0 Å². The van der Waals surface area contributed by atoms with Crippen LogP contribution in [0.3, 0.4) is 0 Å². The van der Waals surface area contributed by atoms with Crippen LogP contribution < -0.4 is 21.7 Å². The Balaban J connectivity index is 1.71. The van der Waals surface area contributed by atoms with Gasteiger partial charge in [0.05, 0.1) is 0 Å². The summed E-state index contributed by atoms with van der Waals surface area (Å²) in [5.41, 5.74) is 9.03. The fraction of sp³-hybridized carbons (Fsp3) is 0.105. The van der Waals surface area contributed by atoms with E-state index in [1.807, 2.05) is 36.4 Å². The van der Waals surface area contributed by atoms with Crippen LogP contribution in [0.2, 0.25) is 5.02 Å². The number of nitrogens with two attached hydrogens (primary N) is 1. The molecule has 7 nitrogen and oxygen atoms in total. The van der Waals surface area contributed by atoms with Gasteiger partial charge in [0.1, 0.15) is 12.0 Å². The maximum absolute atomic E-state index is 11.1. The van der Waals surface area contributed by atoms with Gasteiger partial charge in [-0.3, -0.25) is 4.79 Å². The molecular formula is C19H19ClN6O. The standard InChI is InChI=1S/C19H19ClN6O/c1-12(27)25-14-6-8-15(9-7-14)26-19-17(21)18(23-11-24-19)22-10-13-4-2-3-5-16(13)20/h2-9,11H,10,21H2,1H3,(H,25,27)(H2,22,23,24,26). The predicted molar refractivity (Wildman–Crippen MR) is 109 cm³/mol. The molecule has 8 heteroatoms. The number of halogens is 1. The Labute approximate surface area is 162 Å². The van der Waals surface area contributed by atoms with Crippen LogP contribution in [0, 0.1) is 0 Å². The second-order valence-electron chi connectivity index (χ2n) is 5.81. The Kier molecular flexibility index (Phi) is 5.73. The molecule has 1 heterocycles. The van der Waals surface area contributed by atoms with Gasteiger partial charge in [-0.1, -0.05) is 29.8 Å². The highest BCUT2D eigenvalue weighted by atomic mass is 35.5. The van der Waals surface area contributed by atoms with E-state index in [1.54, 1.807) is 12.1 Å². The van der Waals surface area contributed by atoms with Crippen molar-refractivity contribution < 1.29 is 4.79 Å². The molecule has 3 rings (SSSR count). The molecule has 0 fully saturated rings. The average molecular weight is 383 g/mol. The number of nitrogen functional groups attached to an aromatic ring is 1. The first-order valence-corrected chi connectivity index (χ1v) is 8.63. The zero-order valence-corrected chi connectivity index (χ0v) is 15.4. The van der Waals surface area contributed by atoms with E-state index in [-0.39, 0.29) is 5.91 Å². The lowest BCUT2D eigenvalue weighted by molar-refractivity contribution is -0.114. The normalized spacial score (nSPS) is 10.3. The van der Waals surface area contributed by atoms with Crippen molar-refractivity contribution in [3.63, 3.8) is 0 Å². The summed E-state index contributed by atoms with van der Waals surface area (Å²) in [6, 6.07) is 14.8. The van der Waals surface area contributed by atoms with Crippen LogP contribution in [-0.2, 0) is 11.3 Å². The Bertz CT molecular complexity index is 945. The molecule has 0 atom stereocenters. The van der Waals surface area contributed by atoms with Gasteiger partial charge in [0, 0.05) is 29.9 Å². The lowest BCUT2D eigenvalue weighted by atomic mass is 10.2. The summed E-state index contributed by atoms with van der Waals surface area (Å²) in [6.45, 7) is 1.96. The number of hydrogen-bond acceptors (Lipinski definition) is 6. The minimum atomic E-state index is -0.120. The second kappa shape index (κ2) is 8.37. The molecule has 0 aliphatic heterocycles. The summed E-state index contributed by atoms with van der Waals surface area (Å²) >= 11 is 6.17. The molecule has 138 valence electrons. The summed E-state index contributed by atoms with van der Waals surface area (Å²) in [6.07, 6.45) is 1.43. The summed E-state index contributed by atoms with van der Waals surface area (Å²) in [5, 5.41) is 9.72. The van der Waals surface area contributed by atoms with E-state index in [0.29, 0.717) is 34.6 Å². The summed E-state index contributed by atoms with van der Waals surface area (Å²) in [4.78, 5) is 19.5. The molecule has 0 aliphatic rings. The van der Waals surface area contributed by atoms with Crippen LogP contribution in [0.5, 0.6) is 0 Å². The first kappa shape index (κ1) is 18.5. The van der Waals surface area contributed by atoms with Crippen LogP contribution in [-0.4, -0.2) is 15.9 Å². The van der Waals surface area contributed by atoms with Crippen molar-refractivity contribution in [3.8, 4) is 0 Å². The number of nitrogens with zero attached hydrogens (tertiary/aromatic N) is 2. The van der Waals surface area contributed by atoms with Crippen molar-refractivity contribution in [1.82, 2.24) is 9.97 Å². The van der Waals surface area contributed by atoms with Gasteiger partial charge in [0.2, 0.25) is 5.91 Å². The van der Waals surface area contributed by atoms with Crippen LogP contribution in [0.15, 0.2) is 54.9 Å². The van der Waals surface area contributed by atoms with Crippen LogP contribution in [0.1, 0.15) is 12.5 Å². The molecule has 0 aliphatic carbocycles. The second-order valence-corrected chi connectivity index (χ2v) is 6.22. The van der Waals surface area contributed by atoms with Gasteiger partial charge < -0.3 is 21.7 Å². The summed E-state index contributed by atoms with van der Waals surface area (Å²) in [7, 11) is 0. The van der Waals surface area contributed by atoms with Crippen molar-refractivity contribution in [2.24, 2.45) is 0 Å². The number of benzene rings is 2. The Morgan fingerprint density at radius 1 is 1.04 bits per heavy atom. The third-order valence-corrected chi connectivity index (χ3v) is 4.12. The van der Waals surface area contributed by atoms with Crippen LogP contribution >= 0.6 is 11.6 Å². The van der Waals surface area contributed by atoms with Crippen molar-refractivity contribution in [2.45, 2.75) is 13.5 Å². The predicted octanol–water partition coefficient (Wildman–Crippen LogP) is 4.03. The molecule has 0 radical (unpaired) electrons. The van der Waals surface area contributed by atoms with Crippen molar-refractivity contribution in [1.29, 1.82) is 0 Å². The molecule has 0 unspecified atom stereocenters. The van der Waals surface area contributed by atoms with Crippen molar-refractivity contribution in [3.05, 3.63) is 65.4 Å². The quantitative estimate of drug-likeness (QED) is 0.513. The maximum Gasteiger partial charge on any atom is 0.221 e. The lowest BCUT2D eigenvalue weighted by Crippen LogP contribution is -2.08. The van der Waals surface area contributed by atoms with E-state index in [0.717, 1.165) is 11.3 Å². The number of hydrogen-bond donors (Lipinski definition) is 4. The highest BCUT2D eigenvalue weighted by Crippen LogP contribution is 2.27. The number of aromatic nitrogens is 2. The minimum absolute atomic E-state index is 0.120.